The summed E-state index contributed by atoms with van der Waals surface area (Å²) in [6.07, 6.45) is 1.59. The van der Waals surface area contributed by atoms with Crippen molar-refractivity contribution in [2.45, 2.75) is 26.7 Å². The molecule has 0 amide bonds. The lowest BCUT2D eigenvalue weighted by atomic mass is 10.0. The zero-order chi connectivity index (χ0) is 10.7. The molecule has 0 aliphatic carbocycles. The van der Waals surface area contributed by atoms with Gasteiger partial charge in [0.1, 0.15) is 5.75 Å². The lowest BCUT2D eigenvalue weighted by Crippen LogP contribution is -2.01. The number of phenolic OH excluding ortho intramolecular Hbond substituents is 1. The maximum Gasteiger partial charge on any atom is 0.335 e. The fourth-order valence-electron chi connectivity index (χ4n) is 1.44. The molecule has 14 heavy (non-hydrogen) atoms. The first kappa shape index (κ1) is 10.6. The van der Waals surface area contributed by atoms with Gasteiger partial charge in [0.2, 0.25) is 0 Å². The summed E-state index contributed by atoms with van der Waals surface area (Å²) in [5.41, 5.74) is 1.57. The van der Waals surface area contributed by atoms with Crippen LogP contribution in [0.1, 0.15) is 34.8 Å². The number of aromatic hydroxyl groups is 1. The molecule has 0 saturated heterocycles. The second-order valence-electron chi connectivity index (χ2n) is 3.35. The lowest BCUT2D eigenvalue weighted by Gasteiger charge is -2.07. The minimum Gasteiger partial charge on any atom is -0.508 e. The van der Waals surface area contributed by atoms with E-state index < -0.39 is 5.97 Å². The molecule has 0 fully saturated rings. The van der Waals surface area contributed by atoms with E-state index in [1.807, 2.05) is 6.92 Å². The largest absolute Gasteiger partial charge is 0.508 e. The Hall–Kier alpha value is -1.51. The Kier molecular flexibility index (Phi) is 3.12. The van der Waals surface area contributed by atoms with Gasteiger partial charge in [0, 0.05) is 0 Å². The zero-order valence-corrected chi connectivity index (χ0v) is 8.37. The van der Waals surface area contributed by atoms with Crippen molar-refractivity contribution in [3.05, 3.63) is 28.8 Å². The normalized spacial score (nSPS) is 10.1. The maximum atomic E-state index is 10.8. The van der Waals surface area contributed by atoms with Gasteiger partial charge in [-0.2, -0.15) is 0 Å². The highest BCUT2D eigenvalue weighted by atomic mass is 16.4. The molecule has 76 valence electrons. The van der Waals surface area contributed by atoms with Gasteiger partial charge >= 0.3 is 5.97 Å². The molecule has 1 aromatic rings. The third kappa shape index (κ3) is 2.05. The molecule has 0 aromatic heterocycles. The molecule has 0 saturated carbocycles. The summed E-state index contributed by atoms with van der Waals surface area (Å²) in [5, 5.41) is 18.4. The average Bonchev–Trinajstić information content (AvgIpc) is 2.09. The summed E-state index contributed by atoms with van der Waals surface area (Å²) >= 11 is 0. The summed E-state index contributed by atoms with van der Waals surface area (Å²) in [4.78, 5) is 10.8. The number of hydrogen-bond acceptors (Lipinski definition) is 2. The molecule has 0 spiro atoms. The van der Waals surface area contributed by atoms with E-state index in [0.717, 1.165) is 6.42 Å². The number of rotatable bonds is 3. The summed E-state index contributed by atoms with van der Waals surface area (Å²) in [5.74, 6) is -0.755. The zero-order valence-electron chi connectivity index (χ0n) is 8.37. The predicted octanol–water partition coefficient (Wildman–Crippen LogP) is 2.35. The second-order valence-corrected chi connectivity index (χ2v) is 3.35. The van der Waals surface area contributed by atoms with E-state index in [-0.39, 0.29) is 11.3 Å². The molecule has 0 aliphatic heterocycles. The van der Waals surface area contributed by atoms with Crippen molar-refractivity contribution in [2.75, 3.05) is 0 Å². The minimum absolute atomic E-state index is 0.189. The van der Waals surface area contributed by atoms with Crippen molar-refractivity contribution in [1.29, 1.82) is 0 Å². The van der Waals surface area contributed by atoms with Crippen molar-refractivity contribution in [1.82, 2.24) is 0 Å². The number of aryl methyl sites for hydroxylation is 2. The number of hydrogen-bond donors (Lipinski definition) is 2. The third-order valence-corrected chi connectivity index (χ3v) is 2.18. The summed E-state index contributed by atoms with van der Waals surface area (Å²) in [6.45, 7) is 3.67. The molecule has 2 N–H and O–H groups in total. The van der Waals surface area contributed by atoms with Gasteiger partial charge in [-0.05, 0) is 36.6 Å². The van der Waals surface area contributed by atoms with Gasteiger partial charge in [0.25, 0.3) is 0 Å². The van der Waals surface area contributed by atoms with Crippen LogP contribution in [0, 0.1) is 6.92 Å². The minimum atomic E-state index is -0.945. The van der Waals surface area contributed by atoms with E-state index in [4.69, 9.17) is 5.11 Å². The fraction of sp³-hybridized carbons (Fsp3) is 0.364. The topological polar surface area (TPSA) is 57.5 Å². The van der Waals surface area contributed by atoms with Crippen molar-refractivity contribution in [2.24, 2.45) is 0 Å². The van der Waals surface area contributed by atoms with E-state index in [1.165, 1.54) is 6.07 Å². The Morgan fingerprint density at radius 2 is 2.07 bits per heavy atom. The molecule has 3 heteroatoms. The van der Waals surface area contributed by atoms with Crippen LogP contribution in [0.3, 0.4) is 0 Å². The van der Waals surface area contributed by atoms with Gasteiger partial charge < -0.3 is 10.2 Å². The first-order valence-electron chi connectivity index (χ1n) is 4.62. The highest BCUT2D eigenvalue weighted by molar-refractivity contribution is 5.89. The molecular formula is C11H14O3. The van der Waals surface area contributed by atoms with Crippen LogP contribution >= 0.6 is 0 Å². The smallest absolute Gasteiger partial charge is 0.335 e. The number of aromatic carboxylic acids is 1. The first-order chi connectivity index (χ1) is 6.56. The van der Waals surface area contributed by atoms with Crippen molar-refractivity contribution >= 4 is 5.97 Å². The van der Waals surface area contributed by atoms with Crippen LogP contribution in [-0.2, 0) is 6.42 Å². The summed E-state index contributed by atoms with van der Waals surface area (Å²) in [6, 6.07) is 3.06. The second kappa shape index (κ2) is 4.13. The fourth-order valence-corrected chi connectivity index (χ4v) is 1.44. The first-order valence-corrected chi connectivity index (χ1v) is 4.62. The maximum absolute atomic E-state index is 10.8. The molecular weight excluding hydrogens is 180 g/mol. The Balaban J connectivity index is 3.20. The van der Waals surface area contributed by atoms with Crippen molar-refractivity contribution < 1.29 is 15.0 Å². The Labute approximate surface area is 83.0 Å². The van der Waals surface area contributed by atoms with Crippen LogP contribution in [0.4, 0.5) is 0 Å². The van der Waals surface area contributed by atoms with Crippen LogP contribution in [0.25, 0.3) is 0 Å². The monoisotopic (exact) mass is 194 g/mol. The SMILES string of the molecule is CCCc1cc(C(=O)O)c(C)cc1O. The Morgan fingerprint density at radius 3 is 2.57 bits per heavy atom. The highest BCUT2D eigenvalue weighted by Gasteiger charge is 2.11. The van der Waals surface area contributed by atoms with Crippen LogP contribution in [0.15, 0.2) is 12.1 Å². The van der Waals surface area contributed by atoms with Crippen LogP contribution in [-0.4, -0.2) is 16.2 Å². The third-order valence-electron chi connectivity index (χ3n) is 2.18. The van der Waals surface area contributed by atoms with Gasteiger partial charge in [-0.25, -0.2) is 4.79 Å². The molecule has 1 rings (SSSR count). The van der Waals surface area contributed by atoms with Gasteiger partial charge in [0.05, 0.1) is 5.56 Å². The standard InChI is InChI=1S/C11H14O3/c1-3-4-8-6-9(11(13)14)7(2)5-10(8)12/h5-6,12H,3-4H2,1-2H3,(H,13,14). The van der Waals surface area contributed by atoms with Crippen LogP contribution in [0.5, 0.6) is 5.75 Å². The molecule has 3 nitrogen and oxygen atoms in total. The van der Waals surface area contributed by atoms with Gasteiger partial charge in [-0.15, -0.1) is 0 Å². The lowest BCUT2D eigenvalue weighted by molar-refractivity contribution is 0.0696. The van der Waals surface area contributed by atoms with Gasteiger partial charge in [0.15, 0.2) is 0 Å². The Bertz CT molecular complexity index is 356. The molecule has 1 aromatic carbocycles. The molecule has 0 unspecified atom stereocenters. The summed E-state index contributed by atoms with van der Waals surface area (Å²) in [7, 11) is 0. The highest BCUT2D eigenvalue weighted by Crippen LogP contribution is 2.23. The molecule has 0 heterocycles. The molecule has 0 atom stereocenters. The summed E-state index contributed by atoms with van der Waals surface area (Å²) < 4.78 is 0. The molecule has 0 radical (unpaired) electrons. The van der Waals surface area contributed by atoms with Crippen molar-refractivity contribution in [3.8, 4) is 5.75 Å². The number of carboxylic acids is 1. The predicted molar refractivity (Wildman–Crippen MR) is 53.8 cm³/mol. The Morgan fingerprint density at radius 1 is 1.43 bits per heavy atom. The number of phenols is 1. The van der Waals surface area contributed by atoms with Crippen molar-refractivity contribution in [3.63, 3.8) is 0 Å². The van der Waals surface area contributed by atoms with E-state index >= 15 is 0 Å². The van der Waals surface area contributed by atoms with Crippen LogP contribution in [0.2, 0.25) is 0 Å². The molecule has 0 aliphatic rings. The number of carbonyl (C=O) groups is 1. The van der Waals surface area contributed by atoms with E-state index in [1.54, 1.807) is 13.0 Å². The van der Waals surface area contributed by atoms with E-state index in [2.05, 4.69) is 0 Å². The van der Waals surface area contributed by atoms with E-state index in [0.29, 0.717) is 17.5 Å². The number of carboxylic acid groups (broad SMARTS) is 1. The quantitative estimate of drug-likeness (QED) is 0.776. The van der Waals surface area contributed by atoms with Gasteiger partial charge in [-0.1, -0.05) is 13.3 Å². The van der Waals surface area contributed by atoms with Crippen LogP contribution < -0.4 is 0 Å². The number of benzene rings is 1. The van der Waals surface area contributed by atoms with E-state index in [9.17, 15) is 9.90 Å². The average molecular weight is 194 g/mol. The molecule has 0 bridgehead atoms. The van der Waals surface area contributed by atoms with Gasteiger partial charge in [-0.3, -0.25) is 0 Å².